The second kappa shape index (κ2) is 6.02. The van der Waals surface area contributed by atoms with Crippen LogP contribution in [-0.4, -0.2) is 24.0 Å². The molecule has 2 N–H and O–H groups in total. The van der Waals surface area contributed by atoms with Gasteiger partial charge in [-0.15, -0.1) is 0 Å². The normalized spacial score (nSPS) is 11.2. The topological polar surface area (TPSA) is 31.1 Å². The molecule has 0 radical (unpaired) electrons. The van der Waals surface area contributed by atoms with E-state index in [1.54, 1.807) is 0 Å². The molecule has 21 heavy (non-hydrogen) atoms. The van der Waals surface area contributed by atoms with Crippen LogP contribution in [0.3, 0.4) is 0 Å². The molecule has 0 spiro atoms. The smallest absolute Gasteiger partial charge is 0.0457 e. The van der Waals surface area contributed by atoms with Gasteiger partial charge in [0.2, 0.25) is 0 Å². The van der Waals surface area contributed by atoms with Crippen molar-refractivity contribution in [1.82, 2.24) is 9.88 Å². The van der Waals surface area contributed by atoms with Gasteiger partial charge in [0.05, 0.1) is 0 Å². The van der Waals surface area contributed by atoms with Crippen LogP contribution in [0.5, 0.6) is 0 Å². The number of benzene rings is 2. The number of anilines is 1. The van der Waals surface area contributed by atoms with Crippen LogP contribution in [0.15, 0.2) is 54.7 Å². The van der Waals surface area contributed by atoms with Gasteiger partial charge < -0.3 is 15.2 Å². The molecule has 0 fully saturated rings. The fraction of sp³-hybridized carbons (Fsp3) is 0.222. The van der Waals surface area contributed by atoms with E-state index in [4.69, 9.17) is 0 Å². The lowest BCUT2D eigenvalue weighted by Gasteiger charge is -2.15. The Kier molecular flexibility index (Phi) is 3.93. The van der Waals surface area contributed by atoms with E-state index in [9.17, 15) is 0 Å². The molecule has 0 aliphatic rings. The third kappa shape index (κ3) is 3.09. The highest BCUT2D eigenvalue weighted by molar-refractivity contribution is 5.83. The molecule has 3 aromatic rings. The fourth-order valence-electron chi connectivity index (χ4n) is 2.64. The van der Waals surface area contributed by atoms with E-state index in [0.29, 0.717) is 0 Å². The third-order valence-corrected chi connectivity index (χ3v) is 3.65. The van der Waals surface area contributed by atoms with Gasteiger partial charge in [0.25, 0.3) is 0 Å². The zero-order valence-electron chi connectivity index (χ0n) is 12.6. The molecule has 0 saturated heterocycles. The van der Waals surface area contributed by atoms with Crippen LogP contribution in [-0.2, 0) is 13.1 Å². The number of nitrogens with zero attached hydrogens (tertiary/aromatic N) is 1. The van der Waals surface area contributed by atoms with Crippen LogP contribution in [0.2, 0.25) is 0 Å². The first-order valence-electron chi connectivity index (χ1n) is 7.25. The summed E-state index contributed by atoms with van der Waals surface area (Å²) in [5, 5.41) is 4.85. The van der Waals surface area contributed by atoms with Crippen molar-refractivity contribution in [2.75, 3.05) is 19.4 Å². The van der Waals surface area contributed by atoms with Gasteiger partial charge in [0.1, 0.15) is 0 Å². The molecule has 3 heteroatoms. The number of fused-ring (bicyclic) bond motifs is 1. The van der Waals surface area contributed by atoms with Crippen molar-refractivity contribution >= 4 is 16.6 Å². The highest BCUT2D eigenvalue weighted by Crippen LogP contribution is 2.21. The summed E-state index contributed by atoms with van der Waals surface area (Å²) in [4.78, 5) is 5.51. The molecule has 0 saturated carbocycles. The number of hydrogen-bond acceptors (Lipinski definition) is 2. The Balaban J connectivity index is 1.79. The Hall–Kier alpha value is -2.26. The Labute approximate surface area is 125 Å². The monoisotopic (exact) mass is 279 g/mol. The van der Waals surface area contributed by atoms with Crippen molar-refractivity contribution in [1.29, 1.82) is 0 Å². The van der Waals surface area contributed by atoms with E-state index in [0.717, 1.165) is 13.1 Å². The van der Waals surface area contributed by atoms with Gasteiger partial charge in [-0.25, -0.2) is 0 Å². The minimum absolute atomic E-state index is 0.828. The lowest BCUT2D eigenvalue weighted by atomic mass is 10.1. The van der Waals surface area contributed by atoms with Gasteiger partial charge in [-0.3, -0.25) is 0 Å². The molecule has 0 amide bonds. The highest BCUT2D eigenvalue weighted by Gasteiger charge is 2.05. The van der Waals surface area contributed by atoms with Gasteiger partial charge in [-0.2, -0.15) is 0 Å². The Bertz CT molecular complexity index is 728. The molecule has 108 valence electrons. The predicted molar refractivity (Wildman–Crippen MR) is 89.5 cm³/mol. The number of aromatic nitrogens is 1. The largest absolute Gasteiger partial charge is 0.381 e. The number of rotatable bonds is 5. The van der Waals surface area contributed by atoms with Crippen molar-refractivity contribution in [3.63, 3.8) is 0 Å². The van der Waals surface area contributed by atoms with E-state index in [2.05, 4.69) is 84.0 Å². The molecule has 3 rings (SSSR count). The van der Waals surface area contributed by atoms with Gasteiger partial charge in [-0.1, -0.05) is 36.4 Å². The minimum atomic E-state index is 0.828. The van der Waals surface area contributed by atoms with Crippen molar-refractivity contribution in [2.24, 2.45) is 0 Å². The van der Waals surface area contributed by atoms with E-state index < -0.39 is 0 Å². The first kappa shape index (κ1) is 13.7. The zero-order valence-corrected chi connectivity index (χ0v) is 12.6. The van der Waals surface area contributed by atoms with Crippen molar-refractivity contribution in [3.8, 4) is 0 Å². The maximum Gasteiger partial charge on any atom is 0.0457 e. The SMILES string of the molecule is CN(C)Cc1ccccc1NCc1c[nH]c2ccccc12. The standard InChI is InChI=1S/C18H21N3/c1-21(2)13-14-7-3-5-9-17(14)19-11-15-12-20-18-10-6-4-8-16(15)18/h3-10,12,19-20H,11,13H2,1-2H3. The highest BCUT2D eigenvalue weighted by atomic mass is 15.1. The van der Waals surface area contributed by atoms with Crippen molar-refractivity contribution < 1.29 is 0 Å². The summed E-state index contributed by atoms with van der Waals surface area (Å²) >= 11 is 0. The van der Waals surface area contributed by atoms with E-state index >= 15 is 0 Å². The number of aromatic amines is 1. The molecule has 0 unspecified atom stereocenters. The van der Waals surface area contributed by atoms with Crippen LogP contribution in [0.1, 0.15) is 11.1 Å². The van der Waals surface area contributed by atoms with E-state index in [1.807, 2.05) is 0 Å². The molecule has 2 aromatic carbocycles. The first-order valence-corrected chi connectivity index (χ1v) is 7.25. The number of para-hydroxylation sites is 2. The van der Waals surface area contributed by atoms with Crippen molar-refractivity contribution in [2.45, 2.75) is 13.1 Å². The molecular formula is C18H21N3. The summed E-state index contributed by atoms with van der Waals surface area (Å²) in [6.45, 7) is 1.77. The van der Waals surface area contributed by atoms with Crippen LogP contribution < -0.4 is 5.32 Å². The minimum Gasteiger partial charge on any atom is -0.381 e. The zero-order chi connectivity index (χ0) is 14.7. The Morgan fingerprint density at radius 3 is 2.57 bits per heavy atom. The number of hydrogen-bond donors (Lipinski definition) is 2. The number of H-pyrrole nitrogens is 1. The molecule has 1 heterocycles. The third-order valence-electron chi connectivity index (χ3n) is 3.65. The second-order valence-electron chi connectivity index (χ2n) is 5.61. The summed E-state index contributed by atoms with van der Waals surface area (Å²) in [5.74, 6) is 0. The van der Waals surface area contributed by atoms with Crippen LogP contribution in [0.25, 0.3) is 10.9 Å². The summed E-state index contributed by atoms with van der Waals surface area (Å²) in [6, 6.07) is 16.9. The van der Waals surface area contributed by atoms with Gasteiger partial charge in [-0.05, 0) is 37.4 Å². The van der Waals surface area contributed by atoms with E-state index in [1.165, 1.54) is 27.7 Å². The predicted octanol–water partition coefficient (Wildman–Crippen LogP) is 3.84. The van der Waals surface area contributed by atoms with Crippen LogP contribution >= 0.6 is 0 Å². The number of nitrogens with one attached hydrogen (secondary N) is 2. The maximum atomic E-state index is 3.57. The van der Waals surface area contributed by atoms with Gasteiger partial charge in [0.15, 0.2) is 0 Å². The Morgan fingerprint density at radius 2 is 1.71 bits per heavy atom. The van der Waals surface area contributed by atoms with Gasteiger partial charge >= 0.3 is 0 Å². The quantitative estimate of drug-likeness (QED) is 0.743. The van der Waals surface area contributed by atoms with Gasteiger partial charge in [0, 0.05) is 35.9 Å². The lowest BCUT2D eigenvalue weighted by molar-refractivity contribution is 0.403. The molecule has 0 atom stereocenters. The fourth-order valence-corrected chi connectivity index (χ4v) is 2.64. The van der Waals surface area contributed by atoms with Crippen LogP contribution in [0.4, 0.5) is 5.69 Å². The molecule has 0 aliphatic carbocycles. The molecule has 3 nitrogen and oxygen atoms in total. The first-order chi connectivity index (χ1) is 10.2. The summed E-state index contributed by atoms with van der Waals surface area (Å²) in [6.07, 6.45) is 2.09. The Morgan fingerprint density at radius 1 is 0.952 bits per heavy atom. The summed E-state index contributed by atoms with van der Waals surface area (Å²) in [7, 11) is 4.19. The lowest BCUT2D eigenvalue weighted by Crippen LogP contribution is -2.12. The van der Waals surface area contributed by atoms with Crippen LogP contribution in [0, 0.1) is 0 Å². The summed E-state index contributed by atoms with van der Waals surface area (Å²) in [5.41, 5.74) is 5.01. The molecule has 0 aliphatic heterocycles. The summed E-state index contributed by atoms with van der Waals surface area (Å²) < 4.78 is 0. The average Bonchev–Trinajstić information content (AvgIpc) is 2.89. The molecular weight excluding hydrogens is 258 g/mol. The van der Waals surface area contributed by atoms with Crippen molar-refractivity contribution in [3.05, 3.63) is 65.9 Å². The molecule has 1 aromatic heterocycles. The maximum absolute atomic E-state index is 3.57. The average molecular weight is 279 g/mol. The van der Waals surface area contributed by atoms with E-state index in [-0.39, 0.29) is 0 Å². The molecule has 0 bridgehead atoms. The second-order valence-corrected chi connectivity index (χ2v) is 5.61.